The van der Waals surface area contributed by atoms with E-state index >= 15 is 0 Å². The molecule has 1 aromatic carbocycles. The van der Waals surface area contributed by atoms with Gasteiger partial charge in [0.25, 0.3) is 0 Å². The smallest absolute Gasteiger partial charge is 0.122 e. The first-order valence-electron chi connectivity index (χ1n) is 6.25. The summed E-state index contributed by atoms with van der Waals surface area (Å²) in [5.74, 6) is 1.67. The Morgan fingerprint density at radius 3 is 2.94 bits per heavy atom. The van der Waals surface area contributed by atoms with Crippen molar-refractivity contribution < 1.29 is 4.74 Å². The Kier molecular flexibility index (Phi) is 4.30. The van der Waals surface area contributed by atoms with Crippen molar-refractivity contribution in [3.05, 3.63) is 28.3 Å². The highest BCUT2D eigenvalue weighted by Gasteiger charge is 2.18. The molecule has 0 spiro atoms. The van der Waals surface area contributed by atoms with E-state index < -0.39 is 0 Å². The molecule has 17 heavy (non-hydrogen) atoms. The number of rotatable bonds is 3. The summed E-state index contributed by atoms with van der Waals surface area (Å²) in [6.07, 6.45) is 3.62. The van der Waals surface area contributed by atoms with Crippen molar-refractivity contribution in [2.24, 2.45) is 5.92 Å². The molecule has 0 bridgehead atoms. The monoisotopic (exact) mass is 253 g/mol. The summed E-state index contributed by atoms with van der Waals surface area (Å²) < 4.78 is 5.44. The first-order valence-corrected chi connectivity index (χ1v) is 6.63. The Bertz CT molecular complexity index is 386. The van der Waals surface area contributed by atoms with Gasteiger partial charge in [0.05, 0.1) is 7.11 Å². The van der Waals surface area contributed by atoms with E-state index in [1.54, 1.807) is 7.11 Å². The van der Waals surface area contributed by atoms with E-state index in [2.05, 4.69) is 12.2 Å². The molecule has 1 saturated heterocycles. The Morgan fingerprint density at radius 2 is 2.29 bits per heavy atom. The SMILES string of the molecule is COc1ccc(Cl)c(C)c1CC1CCCNC1. The summed E-state index contributed by atoms with van der Waals surface area (Å²) >= 11 is 6.19. The molecule has 1 aromatic rings. The molecule has 2 nitrogen and oxygen atoms in total. The van der Waals surface area contributed by atoms with Crippen molar-refractivity contribution in [2.75, 3.05) is 20.2 Å². The minimum atomic E-state index is 0.704. The fourth-order valence-corrected chi connectivity index (χ4v) is 2.71. The van der Waals surface area contributed by atoms with Crippen LogP contribution in [0.5, 0.6) is 5.75 Å². The van der Waals surface area contributed by atoms with Gasteiger partial charge >= 0.3 is 0 Å². The average Bonchev–Trinajstić information content (AvgIpc) is 2.37. The van der Waals surface area contributed by atoms with Gasteiger partial charge in [0.15, 0.2) is 0 Å². The fourth-order valence-electron chi connectivity index (χ4n) is 2.54. The summed E-state index contributed by atoms with van der Waals surface area (Å²) in [5.41, 5.74) is 2.44. The summed E-state index contributed by atoms with van der Waals surface area (Å²) in [5, 5.41) is 4.29. The van der Waals surface area contributed by atoms with Crippen LogP contribution in [0.4, 0.5) is 0 Å². The molecule has 1 fully saturated rings. The second-order valence-electron chi connectivity index (χ2n) is 4.77. The zero-order chi connectivity index (χ0) is 12.3. The lowest BCUT2D eigenvalue weighted by Crippen LogP contribution is -2.31. The van der Waals surface area contributed by atoms with Crippen molar-refractivity contribution in [1.29, 1.82) is 0 Å². The molecule has 0 aliphatic carbocycles. The fraction of sp³-hybridized carbons (Fsp3) is 0.571. The number of hydrogen-bond acceptors (Lipinski definition) is 2. The van der Waals surface area contributed by atoms with Crippen LogP contribution in [0.2, 0.25) is 5.02 Å². The Labute approximate surface area is 108 Å². The van der Waals surface area contributed by atoms with Gasteiger partial charge in [-0.25, -0.2) is 0 Å². The predicted molar refractivity (Wildman–Crippen MR) is 72.0 cm³/mol. The lowest BCUT2D eigenvalue weighted by atomic mass is 9.90. The van der Waals surface area contributed by atoms with Crippen molar-refractivity contribution in [2.45, 2.75) is 26.2 Å². The summed E-state index contributed by atoms with van der Waals surface area (Å²) in [6.45, 7) is 4.34. The standard InChI is InChI=1S/C14H20ClNO/c1-10-12(8-11-4-3-7-16-9-11)14(17-2)6-5-13(10)15/h5-6,11,16H,3-4,7-9H2,1-2H3. The zero-order valence-electron chi connectivity index (χ0n) is 10.6. The van der Waals surface area contributed by atoms with Gasteiger partial charge in [-0.15, -0.1) is 0 Å². The third kappa shape index (κ3) is 2.93. The number of piperidine rings is 1. The van der Waals surface area contributed by atoms with Crippen molar-refractivity contribution in [3.8, 4) is 5.75 Å². The number of ether oxygens (including phenoxy) is 1. The van der Waals surface area contributed by atoms with Crippen molar-refractivity contribution >= 4 is 11.6 Å². The highest BCUT2D eigenvalue weighted by Crippen LogP contribution is 2.31. The molecule has 1 atom stereocenters. The maximum Gasteiger partial charge on any atom is 0.122 e. The topological polar surface area (TPSA) is 21.3 Å². The largest absolute Gasteiger partial charge is 0.496 e. The number of hydrogen-bond donors (Lipinski definition) is 1. The molecule has 0 aromatic heterocycles. The molecule has 94 valence electrons. The van der Waals surface area contributed by atoms with Crippen LogP contribution in [0.3, 0.4) is 0 Å². The predicted octanol–water partition coefficient (Wildman–Crippen LogP) is 3.20. The van der Waals surface area contributed by atoms with Gasteiger partial charge in [-0.1, -0.05) is 11.6 Å². The molecule has 0 amide bonds. The number of methoxy groups -OCH3 is 1. The van der Waals surface area contributed by atoms with Crippen LogP contribution in [0, 0.1) is 12.8 Å². The molecule has 1 unspecified atom stereocenters. The second kappa shape index (κ2) is 5.74. The van der Waals surface area contributed by atoms with Gasteiger partial charge < -0.3 is 10.1 Å². The molecule has 1 heterocycles. The maximum absolute atomic E-state index is 6.19. The normalized spacial score (nSPS) is 20.3. The van der Waals surface area contributed by atoms with E-state index in [9.17, 15) is 0 Å². The van der Waals surface area contributed by atoms with Gasteiger partial charge in [-0.3, -0.25) is 0 Å². The van der Waals surface area contributed by atoms with Gasteiger partial charge in [-0.2, -0.15) is 0 Å². The lowest BCUT2D eigenvalue weighted by Gasteiger charge is -2.24. The van der Waals surface area contributed by atoms with Crippen LogP contribution in [-0.4, -0.2) is 20.2 Å². The van der Waals surface area contributed by atoms with E-state index in [0.29, 0.717) is 5.92 Å². The maximum atomic E-state index is 6.19. The first kappa shape index (κ1) is 12.7. The zero-order valence-corrected chi connectivity index (χ0v) is 11.3. The highest BCUT2D eigenvalue weighted by molar-refractivity contribution is 6.31. The van der Waals surface area contributed by atoms with Gasteiger partial charge in [0.1, 0.15) is 5.75 Å². The summed E-state index contributed by atoms with van der Waals surface area (Å²) in [6, 6.07) is 3.89. The van der Waals surface area contributed by atoms with Gasteiger partial charge in [0.2, 0.25) is 0 Å². The molecule has 1 N–H and O–H groups in total. The molecular formula is C14H20ClNO. The summed E-state index contributed by atoms with van der Waals surface area (Å²) in [7, 11) is 1.73. The van der Waals surface area contributed by atoms with E-state index in [4.69, 9.17) is 16.3 Å². The van der Waals surface area contributed by atoms with Crippen molar-refractivity contribution in [3.63, 3.8) is 0 Å². The van der Waals surface area contributed by atoms with Crippen LogP contribution in [-0.2, 0) is 6.42 Å². The minimum absolute atomic E-state index is 0.704. The summed E-state index contributed by atoms with van der Waals surface area (Å²) in [4.78, 5) is 0. The molecule has 3 heteroatoms. The van der Waals surface area contributed by atoms with E-state index in [1.807, 2.05) is 12.1 Å². The quantitative estimate of drug-likeness (QED) is 0.893. The van der Waals surface area contributed by atoms with Crippen LogP contribution >= 0.6 is 11.6 Å². The number of nitrogens with one attached hydrogen (secondary N) is 1. The number of benzene rings is 1. The molecular weight excluding hydrogens is 234 g/mol. The van der Waals surface area contributed by atoms with E-state index in [0.717, 1.165) is 35.8 Å². The first-order chi connectivity index (χ1) is 8.22. The average molecular weight is 254 g/mol. The Balaban J connectivity index is 2.20. The Morgan fingerprint density at radius 1 is 1.47 bits per heavy atom. The van der Waals surface area contributed by atoms with Crippen LogP contribution < -0.4 is 10.1 Å². The minimum Gasteiger partial charge on any atom is -0.496 e. The van der Waals surface area contributed by atoms with E-state index in [1.165, 1.54) is 18.4 Å². The molecule has 1 aliphatic heterocycles. The van der Waals surface area contributed by atoms with Crippen LogP contribution in [0.1, 0.15) is 24.0 Å². The van der Waals surface area contributed by atoms with Crippen LogP contribution in [0.15, 0.2) is 12.1 Å². The third-order valence-corrected chi connectivity index (χ3v) is 4.01. The molecule has 0 saturated carbocycles. The van der Waals surface area contributed by atoms with Gasteiger partial charge in [-0.05, 0) is 68.5 Å². The molecule has 2 rings (SSSR count). The third-order valence-electron chi connectivity index (χ3n) is 3.60. The highest BCUT2D eigenvalue weighted by atomic mass is 35.5. The van der Waals surface area contributed by atoms with Crippen molar-refractivity contribution in [1.82, 2.24) is 5.32 Å². The lowest BCUT2D eigenvalue weighted by molar-refractivity contribution is 0.363. The molecule has 0 radical (unpaired) electrons. The van der Waals surface area contributed by atoms with E-state index in [-0.39, 0.29) is 0 Å². The number of halogens is 1. The molecule has 1 aliphatic rings. The van der Waals surface area contributed by atoms with Crippen LogP contribution in [0.25, 0.3) is 0 Å². The Hall–Kier alpha value is -0.730. The van der Waals surface area contributed by atoms with Gasteiger partial charge in [0, 0.05) is 5.02 Å². The second-order valence-corrected chi connectivity index (χ2v) is 5.18.